The predicted molar refractivity (Wildman–Crippen MR) is 48.6 cm³/mol. The van der Waals surface area contributed by atoms with E-state index in [4.69, 9.17) is 22.4 Å². The highest BCUT2D eigenvalue weighted by Crippen LogP contribution is 2.14. The zero-order valence-corrected chi connectivity index (χ0v) is 7.53. The minimum atomic E-state index is -1.03. The van der Waals surface area contributed by atoms with E-state index in [0.29, 0.717) is 10.6 Å². The molecule has 0 amide bonds. The van der Waals surface area contributed by atoms with Crippen molar-refractivity contribution in [1.29, 1.82) is 0 Å². The third-order valence-electron chi connectivity index (χ3n) is 1.61. The third-order valence-corrected chi connectivity index (χ3v) is 1.95. The first kappa shape index (κ1) is 9.95. The molecular formula is C8H9ClN2O2. The SMILES string of the molecule is N[C@@H](Cc1ccncc1Cl)C(=O)O. The van der Waals surface area contributed by atoms with Gasteiger partial charge in [-0.25, -0.2) is 0 Å². The van der Waals surface area contributed by atoms with E-state index in [1.54, 1.807) is 12.3 Å². The number of hydrogen-bond acceptors (Lipinski definition) is 3. The van der Waals surface area contributed by atoms with Gasteiger partial charge in [0.1, 0.15) is 6.04 Å². The van der Waals surface area contributed by atoms with E-state index in [1.807, 2.05) is 0 Å². The van der Waals surface area contributed by atoms with E-state index >= 15 is 0 Å². The second-order valence-electron chi connectivity index (χ2n) is 2.62. The molecule has 0 aliphatic carbocycles. The van der Waals surface area contributed by atoms with Crippen LogP contribution >= 0.6 is 11.6 Å². The second kappa shape index (κ2) is 4.20. The standard InChI is InChI=1S/C8H9ClN2O2/c9-6-4-11-2-1-5(6)3-7(10)8(12)13/h1-2,4,7H,3,10H2,(H,12,13)/t7-/m0/s1. The Balaban J connectivity index is 2.74. The van der Waals surface area contributed by atoms with Gasteiger partial charge in [0, 0.05) is 12.4 Å². The van der Waals surface area contributed by atoms with Crippen LogP contribution in [0, 0.1) is 0 Å². The van der Waals surface area contributed by atoms with Gasteiger partial charge in [0.2, 0.25) is 0 Å². The Bertz CT molecular complexity index is 317. The van der Waals surface area contributed by atoms with Crippen molar-refractivity contribution in [3.05, 3.63) is 29.0 Å². The van der Waals surface area contributed by atoms with E-state index in [9.17, 15) is 4.79 Å². The summed E-state index contributed by atoms with van der Waals surface area (Å²) in [5, 5.41) is 8.99. The number of aromatic nitrogens is 1. The molecule has 1 atom stereocenters. The Hall–Kier alpha value is -1.13. The maximum absolute atomic E-state index is 10.4. The smallest absolute Gasteiger partial charge is 0.320 e. The van der Waals surface area contributed by atoms with Crippen LogP contribution in [0.15, 0.2) is 18.5 Å². The molecule has 0 fully saturated rings. The molecular weight excluding hydrogens is 192 g/mol. The predicted octanol–water partition coefficient (Wildman–Crippen LogP) is 0.689. The number of halogens is 1. The first-order valence-electron chi connectivity index (χ1n) is 3.68. The van der Waals surface area contributed by atoms with Crippen LogP contribution in [-0.2, 0) is 11.2 Å². The normalized spacial score (nSPS) is 12.5. The van der Waals surface area contributed by atoms with Gasteiger partial charge in [-0.3, -0.25) is 9.78 Å². The van der Waals surface area contributed by atoms with Crippen LogP contribution in [0.2, 0.25) is 5.02 Å². The van der Waals surface area contributed by atoms with Crippen LogP contribution in [0.25, 0.3) is 0 Å². The monoisotopic (exact) mass is 200 g/mol. The molecule has 0 saturated carbocycles. The van der Waals surface area contributed by atoms with Crippen molar-refractivity contribution < 1.29 is 9.90 Å². The van der Waals surface area contributed by atoms with Crippen molar-refractivity contribution in [2.24, 2.45) is 5.73 Å². The lowest BCUT2D eigenvalue weighted by Gasteiger charge is -2.06. The van der Waals surface area contributed by atoms with E-state index in [0.717, 1.165) is 0 Å². The summed E-state index contributed by atoms with van der Waals surface area (Å²) in [5.41, 5.74) is 6.04. The quantitative estimate of drug-likeness (QED) is 0.753. The van der Waals surface area contributed by atoms with Crippen LogP contribution in [0.1, 0.15) is 5.56 Å². The number of rotatable bonds is 3. The van der Waals surface area contributed by atoms with Crippen LogP contribution in [0.4, 0.5) is 0 Å². The van der Waals surface area contributed by atoms with E-state index < -0.39 is 12.0 Å². The van der Waals surface area contributed by atoms with Crippen molar-refractivity contribution >= 4 is 17.6 Å². The summed E-state index contributed by atoms with van der Waals surface area (Å²) >= 11 is 5.76. The molecule has 4 nitrogen and oxygen atoms in total. The lowest BCUT2D eigenvalue weighted by Crippen LogP contribution is -2.32. The van der Waals surface area contributed by atoms with Gasteiger partial charge in [0.05, 0.1) is 5.02 Å². The Morgan fingerprint density at radius 1 is 1.77 bits per heavy atom. The number of hydrogen-bond donors (Lipinski definition) is 2. The fourth-order valence-corrected chi connectivity index (χ4v) is 1.09. The maximum atomic E-state index is 10.4. The Kier molecular flexibility index (Phi) is 3.22. The molecule has 0 radical (unpaired) electrons. The van der Waals surface area contributed by atoms with Gasteiger partial charge < -0.3 is 10.8 Å². The molecule has 0 aromatic carbocycles. The van der Waals surface area contributed by atoms with Crippen molar-refractivity contribution in [2.45, 2.75) is 12.5 Å². The summed E-state index contributed by atoms with van der Waals surface area (Å²) in [5.74, 6) is -1.03. The van der Waals surface area contributed by atoms with Gasteiger partial charge in [-0.05, 0) is 18.1 Å². The average Bonchev–Trinajstić information content (AvgIpc) is 2.08. The number of carbonyl (C=O) groups is 1. The number of pyridine rings is 1. The van der Waals surface area contributed by atoms with Crippen LogP contribution < -0.4 is 5.73 Å². The molecule has 1 aromatic rings. The third kappa shape index (κ3) is 2.68. The molecule has 3 N–H and O–H groups in total. The Morgan fingerprint density at radius 3 is 3.00 bits per heavy atom. The maximum Gasteiger partial charge on any atom is 0.320 e. The van der Waals surface area contributed by atoms with Gasteiger partial charge in [0.15, 0.2) is 0 Å². The Morgan fingerprint density at radius 2 is 2.46 bits per heavy atom. The molecule has 1 aromatic heterocycles. The van der Waals surface area contributed by atoms with E-state index in [2.05, 4.69) is 4.98 Å². The first-order chi connectivity index (χ1) is 6.11. The molecule has 1 heterocycles. The van der Waals surface area contributed by atoms with Gasteiger partial charge in [-0.1, -0.05) is 11.6 Å². The highest BCUT2D eigenvalue weighted by molar-refractivity contribution is 6.31. The summed E-state index contributed by atoms with van der Waals surface area (Å²) in [7, 11) is 0. The molecule has 70 valence electrons. The summed E-state index contributed by atoms with van der Waals surface area (Å²) < 4.78 is 0. The highest BCUT2D eigenvalue weighted by atomic mass is 35.5. The highest BCUT2D eigenvalue weighted by Gasteiger charge is 2.13. The lowest BCUT2D eigenvalue weighted by molar-refractivity contribution is -0.138. The molecule has 1 rings (SSSR count). The van der Waals surface area contributed by atoms with Crippen molar-refractivity contribution in [3.8, 4) is 0 Å². The fraction of sp³-hybridized carbons (Fsp3) is 0.250. The largest absolute Gasteiger partial charge is 0.480 e. The lowest BCUT2D eigenvalue weighted by atomic mass is 10.1. The second-order valence-corrected chi connectivity index (χ2v) is 3.02. The summed E-state index contributed by atoms with van der Waals surface area (Å²) in [6, 6.07) is 0.741. The molecule has 0 aliphatic rings. The van der Waals surface area contributed by atoms with Crippen molar-refractivity contribution in [2.75, 3.05) is 0 Å². The molecule has 0 spiro atoms. The van der Waals surface area contributed by atoms with Gasteiger partial charge in [-0.2, -0.15) is 0 Å². The molecule has 0 saturated heterocycles. The van der Waals surface area contributed by atoms with Gasteiger partial charge in [0.25, 0.3) is 0 Å². The minimum absolute atomic E-state index is 0.219. The number of nitrogens with zero attached hydrogens (tertiary/aromatic N) is 1. The van der Waals surface area contributed by atoms with Crippen LogP contribution in [0.5, 0.6) is 0 Å². The van der Waals surface area contributed by atoms with Gasteiger partial charge >= 0.3 is 5.97 Å². The topological polar surface area (TPSA) is 76.2 Å². The number of carboxylic acid groups (broad SMARTS) is 1. The molecule has 0 aliphatic heterocycles. The fourth-order valence-electron chi connectivity index (χ4n) is 0.894. The first-order valence-corrected chi connectivity index (χ1v) is 4.06. The van der Waals surface area contributed by atoms with Crippen LogP contribution in [-0.4, -0.2) is 22.1 Å². The Labute approximate surface area is 80.3 Å². The number of carboxylic acids is 1. The van der Waals surface area contributed by atoms with E-state index in [-0.39, 0.29) is 6.42 Å². The summed E-state index contributed by atoms with van der Waals surface area (Å²) in [6.45, 7) is 0. The average molecular weight is 201 g/mol. The minimum Gasteiger partial charge on any atom is -0.480 e. The summed E-state index contributed by atoms with van der Waals surface area (Å²) in [4.78, 5) is 14.2. The molecule has 5 heteroatoms. The summed E-state index contributed by atoms with van der Waals surface area (Å²) in [6.07, 6.45) is 3.23. The van der Waals surface area contributed by atoms with Crippen LogP contribution in [0.3, 0.4) is 0 Å². The zero-order valence-electron chi connectivity index (χ0n) is 6.77. The molecule has 0 bridgehead atoms. The molecule has 13 heavy (non-hydrogen) atoms. The van der Waals surface area contributed by atoms with Crippen molar-refractivity contribution in [1.82, 2.24) is 4.98 Å². The van der Waals surface area contributed by atoms with Gasteiger partial charge in [-0.15, -0.1) is 0 Å². The molecule has 0 unspecified atom stereocenters. The number of aliphatic carboxylic acids is 1. The number of nitrogens with two attached hydrogens (primary N) is 1. The van der Waals surface area contributed by atoms with E-state index in [1.165, 1.54) is 6.20 Å². The zero-order chi connectivity index (χ0) is 9.84. The van der Waals surface area contributed by atoms with Crippen molar-refractivity contribution in [3.63, 3.8) is 0 Å².